The maximum absolute atomic E-state index is 5.52. The van der Waals surface area contributed by atoms with Crippen LogP contribution < -0.4 is 0 Å². The molecule has 0 fully saturated rings. The topological polar surface area (TPSA) is 24.9 Å². The van der Waals surface area contributed by atoms with Crippen molar-refractivity contribution in [3.8, 4) is 0 Å². The first kappa shape index (κ1) is 21.9. The van der Waals surface area contributed by atoms with E-state index in [1.807, 2.05) is 0 Å². The summed E-state index contributed by atoms with van der Waals surface area (Å²) in [6, 6.07) is 0. The molecule has 0 unspecified atom stereocenters. The van der Waals surface area contributed by atoms with E-state index >= 15 is 0 Å². The third-order valence-electron chi connectivity index (χ3n) is 1.98. The quantitative estimate of drug-likeness (QED) is 0.544. The minimum atomic E-state index is -1.33. The van der Waals surface area contributed by atoms with Gasteiger partial charge in [0.1, 0.15) is 0 Å². The summed E-state index contributed by atoms with van der Waals surface area (Å²) in [4.78, 5) is 4.29. The Kier molecular flexibility index (Phi) is 18.2. The van der Waals surface area contributed by atoms with Gasteiger partial charge in [-0.05, 0) is 0 Å². The molecule has 0 saturated carbocycles. The second-order valence-electron chi connectivity index (χ2n) is 5.45. The van der Waals surface area contributed by atoms with Gasteiger partial charge in [0.05, 0.1) is 0 Å². The molecule has 0 aromatic rings. The van der Waals surface area contributed by atoms with Crippen molar-refractivity contribution in [1.82, 2.24) is 9.80 Å². The number of nitrogens with zero attached hydrogens (tertiary/aromatic N) is 2. The molecular weight excluding hydrogens is 434 g/mol. The van der Waals surface area contributed by atoms with Gasteiger partial charge in [-0.3, -0.25) is 0 Å². The van der Waals surface area contributed by atoms with Gasteiger partial charge in [0.2, 0.25) is 0 Å². The first-order valence-electron chi connectivity index (χ1n) is 6.78. The van der Waals surface area contributed by atoms with E-state index in [1.54, 1.807) is 0 Å². The fourth-order valence-corrected chi connectivity index (χ4v) is 4.23. The summed E-state index contributed by atoms with van der Waals surface area (Å²) in [5, 5.41) is 0. The van der Waals surface area contributed by atoms with Gasteiger partial charge in [0, 0.05) is 0 Å². The monoisotopic (exact) mass is 466 g/mol. The first-order valence-corrected chi connectivity index (χ1v) is 22.7. The average Bonchev–Trinajstić information content (AvgIpc) is 2.15. The molecule has 0 rings (SSSR count). The number of likely N-dealkylation sites (N-methyl/N-ethyl adjacent to an activating group) is 2. The van der Waals surface area contributed by atoms with Crippen molar-refractivity contribution in [2.45, 2.75) is 18.7 Å². The fraction of sp³-hybridized carbons (Fsp3) is 1.00. The minimum absolute atomic E-state index is 0.931. The number of hydrogen-bond acceptors (Lipinski definition) is 4. The molecule has 0 radical (unpaired) electrons. The second kappa shape index (κ2) is 15.0. The molecule has 0 aliphatic heterocycles. The SMILES string of the molecule is CN(C)CC[O][In]([CH3])[CH3].CN(C)CC[O][In]([CH3])[CH3]. The molecule has 18 heavy (non-hydrogen) atoms. The van der Waals surface area contributed by atoms with E-state index in [0.29, 0.717) is 0 Å². The Bertz CT molecular complexity index is 134. The van der Waals surface area contributed by atoms with Crippen LogP contribution in [0, 0.1) is 0 Å². The number of hydrogen-bond donors (Lipinski definition) is 0. The maximum atomic E-state index is 5.52. The average molecular weight is 466 g/mol. The fourth-order valence-electron chi connectivity index (χ4n) is 0.942. The van der Waals surface area contributed by atoms with Gasteiger partial charge in [0.25, 0.3) is 0 Å². The Balaban J connectivity index is 0. The van der Waals surface area contributed by atoms with Crippen LogP contribution in [0.5, 0.6) is 0 Å². The van der Waals surface area contributed by atoms with Crippen LogP contribution >= 0.6 is 0 Å². The van der Waals surface area contributed by atoms with Crippen LogP contribution in [0.4, 0.5) is 0 Å². The predicted octanol–water partition coefficient (Wildman–Crippen LogP) is 1.63. The molecule has 0 atom stereocenters. The molecule has 0 aromatic heterocycles. The molecule has 4 nitrogen and oxygen atoms in total. The van der Waals surface area contributed by atoms with Crippen molar-refractivity contribution in [2.75, 3.05) is 54.5 Å². The molecule has 0 bridgehead atoms. The van der Waals surface area contributed by atoms with E-state index < -0.39 is 43.7 Å². The van der Waals surface area contributed by atoms with Gasteiger partial charge in [-0.25, -0.2) is 0 Å². The summed E-state index contributed by atoms with van der Waals surface area (Å²) >= 11 is -2.66. The Morgan fingerprint density at radius 1 is 0.667 bits per heavy atom. The molecule has 0 aromatic carbocycles. The number of rotatable bonds is 8. The normalized spacial score (nSPS) is 10.3. The van der Waals surface area contributed by atoms with Crippen LogP contribution in [0.15, 0.2) is 0 Å². The van der Waals surface area contributed by atoms with Gasteiger partial charge in [-0.15, -0.1) is 0 Å². The standard InChI is InChI=1S/2C4H10NO.4CH3.2In/c2*1-5(2)3-4-6;;;;;;/h2*3-4H2,1-2H3;4*1H3;;/q2*-1;;;;;2*+1. The van der Waals surface area contributed by atoms with E-state index in [-0.39, 0.29) is 0 Å². The second-order valence-corrected chi connectivity index (χ2v) is 19.3. The van der Waals surface area contributed by atoms with Crippen molar-refractivity contribution in [1.29, 1.82) is 0 Å². The van der Waals surface area contributed by atoms with Crippen molar-refractivity contribution in [3.63, 3.8) is 0 Å². The Labute approximate surface area is 131 Å². The summed E-state index contributed by atoms with van der Waals surface area (Å²) in [5.41, 5.74) is 0. The Hall–Kier alpha value is 1.58. The predicted molar refractivity (Wildman–Crippen MR) is 84.0 cm³/mol. The summed E-state index contributed by atoms with van der Waals surface area (Å²) in [6.45, 7) is 3.99. The summed E-state index contributed by atoms with van der Waals surface area (Å²) in [5.74, 6) is 0. The molecule has 0 amide bonds. The molecular formula is C12H32In2N2O2. The van der Waals surface area contributed by atoms with Gasteiger partial charge in [0.15, 0.2) is 0 Å². The third-order valence-corrected chi connectivity index (χ3v) is 7.13. The summed E-state index contributed by atoms with van der Waals surface area (Å²) < 4.78 is 20.1. The van der Waals surface area contributed by atoms with Crippen LogP contribution in [0.3, 0.4) is 0 Å². The Morgan fingerprint density at radius 3 is 1.11 bits per heavy atom. The zero-order valence-electron chi connectivity index (χ0n) is 13.7. The van der Waals surface area contributed by atoms with Crippen LogP contribution in [0.2, 0.25) is 18.7 Å². The van der Waals surface area contributed by atoms with Gasteiger partial charge >= 0.3 is 132 Å². The molecule has 108 valence electrons. The molecule has 0 spiro atoms. The van der Waals surface area contributed by atoms with Crippen molar-refractivity contribution < 1.29 is 5.71 Å². The molecule has 0 aliphatic carbocycles. The van der Waals surface area contributed by atoms with Gasteiger partial charge < -0.3 is 0 Å². The zero-order valence-corrected chi connectivity index (χ0v) is 20.3. The third kappa shape index (κ3) is 26.2. The van der Waals surface area contributed by atoms with Crippen LogP contribution in [0.1, 0.15) is 0 Å². The first-order chi connectivity index (χ1) is 8.25. The summed E-state index contributed by atoms with van der Waals surface area (Å²) in [6.07, 6.45) is 0. The molecule has 0 heterocycles. The van der Waals surface area contributed by atoms with E-state index in [0.717, 1.165) is 26.3 Å². The molecule has 0 N–H and O–H groups in total. The van der Waals surface area contributed by atoms with E-state index in [2.05, 4.69) is 56.7 Å². The van der Waals surface area contributed by atoms with Crippen molar-refractivity contribution in [3.05, 3.63) is 0 Å². The van der Waals surface area contributed by atoms with Crippen molar-refractivity contribution in [2.24, 2.45) is 0 Å². The van der Waals surface area contributed by atoms with Crippen molar-refractivity contribution >= 4 is 43.7 Å². The van der Waals surface area contributed by atoms with E-state index in [4.69, 9.17) is 5.71 Å². The molecule has 6 heteroatoms. The molecule has 0 aliphatic rings. The van der Waals surface area contributed by atoms with E-state index in [9.17, 15) is 0 Å². The Morgan fingerprint density at radius 2 is 0.944 bits per heavy atom. The van der Waals surface area contributed by atoms with Crippen LogP contribution in [-0.4, -0.2) is 108 Å². The van der Waals surface area contributed by atoms with Gasteiger partial charge in [-0.1, -0.05) is 0 Å². The molecule has 0 saturated heterocycles. The van der Waals surface area contributed by atoms with Gasteiger partial charge in [-0.2, -0.15) is 0 Å². The van der Waals surface area contributed by atoms with Crippen LogP contribution in [0.25, 0.3) is 0 Å². The van der Waals surface area contributed by atoms with E-state index in [1.165, 1.54) is 0 Å². The van der Waals surface area contributed by atoms with Crippen LogP contribution in [-0.2, 0) is 5.71 Å². The summed E-state index contributed by atoms with van der Waals surface area (Å²) in [7, 11) is 8.27. The zero-order chi connectivity index (χ0) is 14.6.